The summed E-state index contributed by atoms with van der Waals surface area (Å²) < 4.78 is 0. The van der Waals surface area contributed by atoms with Crippen molar-refractivity contribution < 1.29 is 9.90 Å². The predicted octanol–water partition coefficient (Wildman–Crippen LogP) is 0.584. The lowest BCUT2D eigenvalue weighted by Gasteiger charge is -2.46. The highest BCUT2D eigenvalue weighted by Crippen LogP contribution is 2.33. The topological polar surface area (TPSA) is 43.8 Å². The maximum atomic E-state index is 11.6. The van der Waals surface area contributed by atoms with Gasteiger partial charge in [-0.2, -0.15) is 11.8 Å². The molecule has 0 spiro atoms. The van der Waals surface area contributed by atoms with Gasteiger partial charge >= 0.3 is 5.97 Å². The minimum absolute atomic E-state index is 0.579. The smallest absolute Gasteiger partial charge is 0.324 e. The van der Waals surface area contributed by atoms with Gasteiger partial charge in [-0.25, -0.2) is 0 Å². The fourth-order valence-corrected chi connectivity index (χ4v) is 3.85. The molecule has 0 aliphatic carbocycles. The lowest BCUT2D eigenvalue weighted by Crippen LogP contribution is -2.62. The number of hydrogen-bond donors (Lipinski definition) is 1. The van der Waals surface area contributed by atoms with Gasteiger partial charge in [-0.15, -0.1) is 0 Å². The minimum atomic E-state index is -0.621. The second kappa shape index (κ2) is 4.94. The number of carbonyl (C=O) groups is 1. The first-order valence-corrected chi connectivity index (χ1v) is 7.05. The molecule has 0 saturated carbocycles. The first kappa shape index (κ1) is 12.2. The molecule has 1 unspecified atom stereocenters. The molecule has 5 heteroatoms. The number of piperazine rings is 1. The fraction of sp³-hybridized carbons (Fsp3) is 0.909. The summed E-state index contributed by atoms with van der Waals surface area (Å²) in [6.07, 6.45) is 1.85. The van der Waals surface area contributed by atoms with Crippen LogP contribution >= 0.6 is 11.8 Å². The Morgan fingerprint density at radius 3 is 2.50 bits per heavy atom. The van der Waals surface area contributed by atoms with Crippen LogP contribution in [-0.2, 0) is 4.79 Å². The van der Waals surface area contributed by atoms with Gasteiger partial charge in [0.25, 0.3) is 0 Å². The van der Waals surface area contributed by atoms with Crippen LogP contribution < -0.4 is 0 Å². The monoisotopic (exact) mass is 244 g/mol. The molecular formula is C11H20N2O2S. The van der Waals surface area contributed by atoms with E-state index >= 15 is 0 Å². The van der Waals surface area contributed by atoms with E-state index in [-0.39, 0.29) is 0 Å². The lowest BCUT2D eigenvalue weighted by molar-refractivity contribution is -0.152. The third-order valence-corrected chi connectivity index (χ3v) is 4.99. The van der Waals surface area contributed by atoms with E-state index in [4.69, 9.17) is 0 Å². The van der Waals surface area contributed by atoms with Crippen LogP contribution in [0.1, 0.15) is 12.8 Å². The number of carboxylic acids is 1. The molecule has 0 aromatic rings. The number of carboxylic acid groups (broad SMARTS) is 1. The van der Waals surface area contributed by atoms with Gasteiger partial charge in [-0.1, -0.05) is 0 Å². The number of nitrogens with zero attached hydrogens (tertiary/aromatic N) is 2. The maximum Gasteiger partial charge on any atom is 0.324 e. The zero-order chi connectivity index (χ0) is 11.6. The molecule has 2 aliphatic heterocycles. The van der Waals surface area contributed by atoms with E-state index < -0.39 is 11.5 Å². The molecule has 1 atom stereocenters. The Bertz CT molecular complexity index is 259. The standard InChI is InChI=1S/C11H20N2O2S/c1-12-4-6-13(7-5-12)11(10(14)15)3-2-8-16-9-11/h2-9H2,1H3,(H,14,15). The Balaban J connectivity index is 2.09. The van der Waals surface area contributed by atoms with Crippen LogP contribution in [0.4, 0.5) is 0 Å². The van der Waals surface area contributed by atoms with Crippen LogP contribution in [0.15, 0.2) is 0 Å². The predicted molar refractivity (Wildman–Crippen MR) is 66.0 cm³/mol. The van der Waals surface area contributed by atoms with Gasteiger partial charge < -0.3 is 10.0 Å². The molecule has 92 valence electrons. The summed E-state index contributed by atoms with van der Waals surface area (Å²) in [7, 11) is 2.10. The first-order chi connectivity index (χ1) is 7.65. The highest BCUT2D eigenvalue weighted by molar-refractivity contribution is 7.99. The van der Waals surface area contributed by atoms with Gasteiger partial charge in [-0.05, 0) is 25.6 Å². The van der Waals surface area contributed by atoms with Crippen LogP contribution in [0.3, 0.4) is 0 Å². The summed E-state index contributed by atoms with van der Waals surface area (Å²) in [6.45, 7) is 3.76. The highest BCUT2D eigenvalue weighted by atomic mass is 32.2. The van der Waals surface area contributed by atoms with Gasteiger partial charge in [0.2, 0.25) is 0 Å². The van der Waals surface area contributed by atoms with Crippen molar-refractivity contribution in [2.45, 2.75) is 18.4 Å². The molecule has 0 amide bonds. The van der Waals surface area contributed by atoms with Crippen molar-refractivity contribution in [3.8, 4) is 0 Å². The van der Waals surface area contributed by atoms with Crippen molar-refractivity contribution in [3.63, 3.8) is 0 Å². The largest absolute Gasteiger partial charge is 0.480 e. The molecule has 1 N–H and O–H groups in total. The molecule has 0 aromatic carbocycles. The third-order valence-electron chi connectivity index (χ3n) is 3.73. The molecule has 0 bridgehead atoms. The van der Waals surface area contributed by atoms with Gasteiger partial charge in [0.05, 0.1) is 0 Å². The van der Waals surface area contributed by atoms with Crippen molar-refractivity contribution >= 4 is 17.7 Å². The van der Waals surface area contributed by atoms with E-state index in [0.29, 0.717) is 0 Å². The van der Waals surface area contributed by atoms with Crippen molar-refractivity contribution in [3.05, 3.63) is 0 Å². The van der Waals surface area contributed by atoms with Gasteiger partial charge in [0, 0.05) is 31.9 Å². The van der Waals surface area contributed by atoms with Crippen LogP contribution in [0, 0.1) is 0 Å². The van der Waals surface area contributed by atoms with E-state index in [1.54, 1.807) is 11.8 Å². The third kappa shape index (κ3) is 2.21. The number of likely N-dealkylation sites (N-methyl/N-ethyl adjacent to an activating group) is 1. The molecule has 2 aliphatic rings. The first-order valence-electron chi connectivity index (χ1n) is 5.90. The molecular weight excluding hydrogens is 224 g/mol. The van der Waals surface area contributed by atoms with Crippen LogP contribution in [-0.4, -0.2) is 71.1 Å². The molecule has 4 nitrogen and oxygen atoms in total. The van der Waals surface area contributed by atoms with Crippen molar-refractivity contribution in [1.82, 2.24) is 9.80 Å². The summed E-state index contributed by atoms with van der Waals surface area (Å²) in [4.78, 5) is 16.1. The van der Waals surface area contributed by atoms with E-state index in [1.807, 2.05) is 0 Å². The molecule has 2 saturated heterocycles. The molecule has 0 radical (unpaired) electrons. The zero-order valence-corrected chi connectivity index (χ0v) is 10.6. The Morgan fingerprint density at radius 2 is 2.00 bits per heavy atom. The normalized spacial score (nSPS) is 33.8. The lowest BCUT2D eigenvalue weighted by atomic mass is 9.92. The Labute approximate surface area is 101 Å². The van der Waals surface area contributed by atoms with Gasteiger partial charge in [-0.3, -0.25) is 9.69 Å². The molecule has 0 aromatic heterocycles. The van der Waals surface area contributed by atoms with Crippen molar-refractivity contribution in [1.29, 1.82) is 0 Å². The number of rotatable bonds is 2. The van der Waals surface area contributed by atoms with E-state index in [0.717, 1.165) is 50.5 Å². The second-order valence-corrected chi connectivity index (χ2v) is 5.89. The highest BCUT2D eigenvalue weighted by Gasteiger charge is 2.45. The van der Waals surface area contributed by atoms with Gasteiger partial charge in [0.15, 0.2) is 0 Å². The summed E-state index contributed by atoms with van der Waals surface area (Å²) in [5, 5.41) is 9.54. The molecule has 16 heavy (non-hydrogen) atoms. The summed E-state index contributed by atoms with van der Waals surface area (Å²) in [5.74, 6) is 1.25. The van der Waals surface area contributed by atoms with E-state index in [2.05, 4.69) is 16.8 Å². The number of thioether (sulfide) groups is 1. The van der Waals surface area contributed by atoms with Gasteiger partial charge in [0.1, 0.15) is 5.54 Å². The molecule has 2 fully saturated rings. The Morgan fingerprint density at radius 1 is 1.31 bits per heavy atom. The van der Waals surface area contributed by atoms with Crippen molar-refractivity contribution in [2.24, 2.45) is 0 Å². The Hall–Kier alpha value is -0.260. The van der Waals surface area contributed by atoms with E-state index in [9.17, 15) is 9.90 Å². The van der Waals surface area contributed by atoms with Crippen LogP contribution in [0.5, 0.6) is 0 Å². The number of aliphatic carboxylic acids is 1. The average Bonchev–Trinajstić information content (AvgIpc) is 2.30. The second-order valence-electron chi connectivity index (χ2n) is 4.78. The summed E-state index contributed by atoms with van der Waals surface area (Å²) in [6, 6.07) is 0. The van der Waals surface area contributed by atoms with Crippen LogP contribution in [0.25, 0.3) is 0 Å². The summed E-state index contributed by atoms with van der Waals surface area (Å²) in [5.41, 5.74) is -0.579. The minimum Gasteiger partial charge on any atom is -0.480 e. The van der Waals surface area contributed by atoms with Crippen LogP contribution in [0.2, 0.25) is 0 Å². The quantitative estimate of drug-likeness (QED) is 0.770. The number of hydrogen-bond acceptors (Lipinski definition) is 4. The molecule has 2 heterocycles. The average molecular weight is 244 g/mol. The van der Waals surface area contributed by atoms with E-state index in [1.165, 1.54) is 0 Å². The Kier molecular flexibility index (Phi) is 3.77. The SMILES string of the molecule is CN1CCN(C2(C(=O)O)CCCSC2)CC1. The maximum absolute atomic E-state index is 11.6. The van der Waals surface area contributed by atoms with Crippen molar-refractivity contribution in [2.75, 3.05) is 44.7 Å². The molecule has 2 rings (SSSR count). The summed E-state index contributed by atoms with van der Waals surface area (Å²) >= 11 is 1.79. The fourth-order valence-electron chi connectivity index (χ4n) is 2.57. The zero-order valence-electron chi connectivity index (χ0n) is 9.81.